The first-order valence-electron chi connectivity index (χ1n) is 23.7. The van der Waals surface area contributed by atoms with Gasteiger partial charge in [-0.1, -0.05) is 130 Å². The van der Waals surface area contributed by atoms with Crippen molar-refractivity contribution in [1.29, 1.82) is 0 Å². The summed E-state index contributed by atoms with van der Waals surface area (Å²) in [5.74, 6) is 1.42. The second-order valence-corrected chi connectivity index (χ2v) is 21.6. The SMILES string of the molecule is CCC1c2ccccc2-c2cc(-c3ccc(-c4cc(-c5ccc(-c6ccc7c(c6)-c6ccccc6C7CC)s5)cc(-c5ccc(-c6ccc7c(c6)-c6ccccc6C7CC)s5)c4)s3)ccc21. The molecule has 0 N–H and O–H groups in total. The van der Waals surface area contributed by atoms with E-state index >= 15 is 0 Å². The highest BCUT2D eigenvalue weighted by Gasteiger charge is 2.30. The van der Waals surface area contributed by atoms with E-state index in [1.54, 1.807) is 0 Å². The molecule has 13 rings (SSSR count). The minimum absolute atomic E-state index is 0.474. The Bertz CT molecular complexity index is 3150. The summed E-state index contributed by atoms with van der Waals surface area (Å²) >= 11 is 5.72. The van der Waals surface area contributed by atoms with E-state index in [9.17, 15) is 0 Å². The number of rotatable bonds is 9. The highest BCUT2D eigenvalue weighted by Crippen LogP contribution is 2.52. The van der Waals surface area contributed by atoms with Gasteiger partial charge in [-0.3, -0.25) is 0 Å². The van der Waals surface area contributed by atoms with Gasteiger partial charge in [0.1, 0.15) is 0 Å². The van der Waals surface area contributed by atoms with Gasteiger partial charge >= 0.3 is 0 Å². The number of benzene rings is 7. The summed E-state index contributed by atoms with van der Waals surface area (Å²) in [6.45, 7) is 6.94. The van der Waals surface area contributed by atoms with Crippen LogP contribution in [0.25, 0.3) is 96.0 Å². The highest BCUT2D eigenvalue weighted by molar-refractivity contribution is 7.19. The van der Waals surface area contributed by atoms with E-state index in [0.717, 1.165) is 19.3 Å². The number of thiophene rings is 3. The Morgan fingerprint density at radius 3 is 0.803 bits per heavy atom. The van der Waals surface area contributed by atoms with E-state index in [1.807, 2.05) is 34.0 Å². The first-order valence-corrected chi connectivity index (χ1v) is 26.2. The smallest absolute Gasteiger partial charge is 0.0349 e. The quantitative estimate of drug-likeness (QED) is 0.135. The predicted molar refractivity (Wildman–Crippen MR) is 285 cm³/mol. The van der Waals surface area contributed by atoms with E-state index in [-0.39, 0.29) is 0 Å². The Hall–Kier alpha value is -6.36. The summed E-state index contributed by atoms with van der Waals surface area (Å²) in [6, 6.07) is 69.9. The van der Waals surface area contributed by atoms with Gasteiger partial charge in [0, 0.05) is 47.0 Å². The van der Waals surface area contributed by atoms with Gasteiger partial charge in [0.15, 0.2) is 0 Å². The van der Waals surface area contributed by atoms with Crippen molar-refractivity contribution < 1.29 is 0 Å². The van der Waals surface area contributed by atoms with Crippen LogP contribution in [0, 0.1) is 0 Å². The fraction of sp³-hybridized carbons (Fsp3) is 0.143. The van der Waals surface area contributed by atoms with Crippen molar-refractivity contribution in [3.63, 3.8) is 0 Å². The number of hydrogen-bond acceptors (Lipinski definition) is 3. The normalized spacial score (nSPS) is 16.1. The predicted octanol–water partition coefficient (Wildman–Crippen LogP) is 19.4. The van der Waals surface area contributed by atoms with Crippen LogP contribution in [0.15, 0.2) is 182 Å². The third kappa shape index (κ3) is 6.35. The van der Waals surface area contributed by atoms with Crippen molar-refractivity contribution in [3.05, 3.63) is 215 Å². The standard InChI is InChI=1S/C63H48S3/c1-4-43-46-13-7-10-16-49(46)55-34-37(19-22-52(43)55)58-25-28-61(64-58)40-31-41(62-29-26-59(65-62)38-20-23-53-44(5-2)47-14-8-11-17-50(47)56(53)35-38)33-42(32-40)63-30-27-60(66-63)39-21-24-54-45(6-3)48-15-9-12-18-51(48)57(54)36-39/h7-36,43-45H,4-6H2,1-3H3. The van der Waals surface area contributed by atoms with E-state index in [0.29, 0.717) is 17.8 Å². The van der Waals surface area contributed by atoms with Crippen molar-refractivity contribution in [3.8, 4) is 96.0 Å². The monoisotopic (exact) mass is 900 g/mol. The molecule has 0 aliphatic heterocycles. The number of hydrogen-bond donors (Lipinski definition) is 0. The van der Waals surface area contributed by atoms with Crippen LogP contribution in [0.2, 0.25) is 0 Å². The molecular weight excluding hydrogens is 853 g/mol. The van der Waals surface area contributed by atoms with Crippen LogP contribution >= 0.6 is 34.0 Å². The third-order valence-electron chi connectivity index (χ3n) is 14.8. The maximum atomic E-state index is 2.45. The molecule has 0 spiro atoms. The zero-order valence-corrected chi connectivity index (χ0v) is 39.8. The van der Waals surface area contributed by atoms with Gasteiger partial charge in [0.05, 0.1) is 0 Å². The van der Waals surface area contributed by atoms with Crippen molar-refractivity contribution in [2.24, 2.45) is 0 Å². The van der Waals surface area contributed by atoms with E-state index in [2.05, 4.69) is 203 Å². The molecule has 318 valence electrons. The summed E-state index contributed by atoms with van der Waals surface area (Å²) in [5.41, 5.74) is 24.8. The Morgan fingerprint density at radius 1 is 0.258 bits per heavy atom. The van der Waals surface area contributed by atoms with Crippen LogP contribution < -0.4 is 0 Å². The molecule has 3 heteroatoms. The van der Waals surface area contributed by atoms with Crippen molar-refractivity contribution >= 4 is 34.0 Å². The van der Waals surface area contributed by atoms with Crippen molar-refractivity contribution in [2.45, 2.75) is 57.8 Å². The molecule has 0 nitrogen and oxygen atoms in total. The van der Waals surface area contributed by atoms with Gasteiger partial charge in [-0.25, -0.2) is 0 Å². The molecule has 0 saturated carbocycles. The maximum absolute atomic E-state index is 2.45. The molecule has 3 aliphatic rings. The molecule has 0 amide bonds. The minimum atomic E-state index is 0.474. The molecule has 0 fully saturated rings. The fourth-order valence-corrected chi connectivity index (χ4v) is 14.7. The Labute approximate surface area is 400 Å². The first-order chi connectivity index (χ1) is 32.5. The fourth-order valence-electron chi connectivity index (χ4n) is 11.7. The van der Waals surface area contributed by atoms with Gasteiger partial charge in [-0.05, 0) is 192 Å². The minimum Gasteiger partial charge on any atom is -0.135 e. The maximum Gasteiger partial charge on any atom is 0.0349 e. The molecule has 3 aromatic heterocycles. The summed E-state index contributed by atoms with van der Waals surface area (Å²) < 4.78 is 0. The van der Waals surface area contributed by atoms with Crippen LogP contribution in [0.5, 0.6) is 0 Å². The average molecular weight is 901 g/mol. The first kappa shape index (κ1) is 40.0. The Kier molecular flexibility index (Phi) is 9.64. The molecule has 3 aliphatic carbocycles. The molecule has 0 bridgehead atoms. The second kappa shape index (κ2) is 15.9. The largest absolute Gasteiger partial charge is 0.135 e. The zero-order valence-electron chi connectivity index (χ0n) is 37.4. The number of fused-ring (bicyclic) bond motifs is 9. The topological polar surface area (TPSA) is 0 Å². The molecular formula is C63H48S3. The van der Waals surface area contributed by atoms with Crippen LogP contribution in [0.3, 0.4) is 0 Å². The van der Waals surface area contributed by atoms with E-state index in [4.69, 9.17) is 0 Å². The van der Waals surface area contributed by atoms with Crippen LogP contribution in [0.1, 0.15) is 91.2 Å². The summed E-state index contributed by atoms with van der Waals surface area (Å²) in [7, 11) is 0. The third-order valence-corrected chi connectivity index (χ3v) is 18.4. The summed E-state index contributed by atoms with van der Waals surface area (Å²) in [6.07, 6.45) is 3.35. The van der Waals surface area contributed by atoms with Crippen LogP contribution in [-0.2, 0) is 0 Å². The molecule has 0 radical (unpaired) electrons. The molecule has 66 heavy (non-hydrogen) atoms. The van der Waals surface area contributed by atoms with Crippen molar-refractivity contribution in [1.82, 2.24) is 0 Å². The molecule has 7 aromatic carbocycles. The lowest BCUT2D eigenvalue weighted by atomic mass is 9.94. The van der Waals surface area contributed by atoms with Crippen LogP contribution in [0.4, 0.5) is 0 Å². The van der Waals surface area contributed by atoms with Crippen LogP contribution in [-0.4, -0.2) is 0 Å². The van der Waals surface area contributed by atoms with Crippen molar-refractivity contribution in [2.75, 3.05) is 0 Å². The van der Waals surface area contributed by atoms with Gasteiger partial charge in [0.2, 0.25) is 0 Å². The zero-order chi connectivity index (χ0) is 44.0. The van der Waals surface area contributed by atoms with Gasteiger partial charge in [-0.2, -0.15) is 0 Å². The molecule has 3 heterocycles. The Morgan fingerprint density at radius 2 is 0.515 bits per heavy atom. The second-order valence-electron chi connectivity index (χ2n) is 18.3. The van der Waals surface area contributed by atoms with Gasteiger partial charge in [0.25, 0.3) is 0 Å². The highest BCUT2D eigenvalue weighted by atomic mass is 32.1. The lowest BCUT2D eigenvalue weighted by Gasteiger charge is -2.11. The lowest BCUT2D eigenvalue weighted by Crippen LogP contribution is -1.93. The summed E-state index contributed by atoms with van der Waals surface area (Å²) in [4.78, 5) is 7.79. The summed E-state index contributed by atoms with van der Waals surface area (Å²) in [5, 5.41) is 0. The molecule has 3 unspecified atom stereocenters. The lowest BCUT2D eigenvalue weighted by molar-refractivity contribution is 0.797. The Balaban J connectivity index is 0.889. The molecule has 3 atom stereocenters. The average Bonchev–Trinajstić information content (AvgIpc) is 4.25. The van der Waals surface area contributed by atoms with Gasteiger partial charge in [-0.15, -0.1) is 34.0 Å². The van der Waals surface area contributed by atoms with E-state index < -0.39 is 0 Å². The molecule has 10 aromatic rings. The molecule has 0 saturated heterocycles. The van der Waals surface area contributed by atoms with Gasteiger partial charge < -0.3 is 0 Å². The van der Waals surface area contributed by atoms with E-state index in [1.165, 1.54) is 129 Å².